The molecule has 32 heavy (non-hydrogen) atoms. The molecule has 0 saturated heterocycles. The molecule has 0 aliphatic rings. The van der Waals surface area contributed by atoms with Crippen molar-refractivity contribution in [2.45, 2.75) is 32.9 Å². The van der Waals surface area contributed by atoms with Crippen molar-refractivity contribution in [3.63, 3.8) is 0 Å². The van der Waals surface area contributed by atoms with Crippen molar-refractivity contribution in [3.05, 3.63) is 112 Å². The van der Waals surface area contributed by atoms with Crippen molar-refractivity contribution >= 4 is 16.8 Å². The number of rotatable bonds is 7. The molecule has 4 rings (SSSR count). The van der Waals surface area contributed by atoms with Gasteiger partial charge in [-0.2, -0.15) is 0 Å². The van der Waals surface area contributed by atoms with E-state index in [9.17, 15) is 9.59 Å². The minimum Gasteiger partial charge on any atom is -0.333 e. The standard InChI is InChI=1S/C27H27N3O2/c1-3-29(25(31)18-21-12-6-4-7-13-21)20(2)26-28-24-17-11-10-16-23(24)27(32)30(26)19-22-14-8-5-9-15-22/h4-17,20H,3,18-19H2,1-2H3. The number of carbonyl (C=O) groups is 1. The number of aromatic nitrogens is 2. The highest BCUT2D eigenvalue weighted by atomic mass is 16.2. The number of carbonyl (C=O) groups excluding carboxylic acids is 1. The lowest BCUT2D eigenvalue weighted by Gasteiger charge is -2.29. The van der Waals surface area contributed by atoms with Gasteiger partial charge >= 0.3 is 0 Å². The fraction of sp³-hybridized carbons (Fsp3) is 0.222. The summed E-state index contributed by atoms with van der Waals surface area (Å²) in [6.45, 7) is 4.84. The highest BCUT2D eigenvalue weighted by Crippen LogP contribution is 2.22. The fourth-order valence-electron chi connectivity index (χ4n) is 4.10. The number of fused-ring (bicyclic) bond motifs is 1. The lowest BCUT2D eigenvalue weighted by molar-refractivity contribution is -0.132. The molecule has 1 unspecified atom stereocenters. The minimum atomic E-state index is -0.350. The summed E-state index contributed by atoms with van der Waals surface area (Å²) in [7, 11) is 0. The second kappa shape index (κ2) is 9.60. The predicted molar refractivity (Wildman–Crippen MR) is 127 cm³/mol. The molecule has 1 aromatic heterocycles. The van der Waals surface area contributed by atoms with E-state index in [4.69, 9.17) is 4.98 Å². The second-order valence-electron chi connectivity index (χ2n) is 7.88. The average molecular weight is 426 g/mol. The number of nitrogens with zero attached hydrogens (tertiary/aromatic N) is 3. The van der Waals surface area contributed by atoms with Gasteiger partial charge in [-0.05, 0) is 37.1 Å². The lowest BCUT2D eigenvalue weighted by atomic mass is 10.1. The quantitative estimate of drug-likeness (QED) is 0.435. The van der Waals surface area contributed by atoms with E-state index in [1.165, 1.54) is 0 Å². The Kier molecular flexibility index (Phi) is 6.45. The molecule has 0 spiro atoms. The number of likely N-dealkylation sites (N-methyl/N-ethyl adjacent to an activating group) is 1. The topological polar surface area (TPSA) is 55.2 Å². The highest BCUT2D eigenvalue weighted by molar-refractivity contribution is 5.80. The first-order chi connectivity index (χ1) is 15.6. The van der Waals surface area contributed by atoms with Crippen molar-refractivity contribution in [1.82, 2.24) is 14.5 Å². The Balaban J connectivity index is 1.76. The SMILES string of the molecule is CCN(C(=O)Cc1ccccc1)C(C)c1nc2ccccc2c(=O)n1Cc1ccccc1. The molecule has 0 radical (unpaired) electrons. The van der Waals surface area contributed by atoms with Gasteiger partial charge in [-0.15, -0.1) is 0 Å². The van der Waals surface area contributed by atoms with Gasteiger partial charge < -0.3 is 4.90 Å². The molecule has 0 N–H and O–H groups in total. The van der Waals surface area contributed by atoms with E-state index in [1.54, 1.807) is 15.5 Å². The van der Waals surface area contributed by atoms with E-state index in [1.807, 2.05) is 92.7 Å². The third-order valence-corrected chi connectivity index (χ3v) is 5.78. The molecule has 0 saturated carbocycles. The molecule has 5 heteroatoms. The van der Waals surface area contributed by atoms with Crippen LogP contribution in [0, 0.1) is 0 Å². The number of hydrogen-bond donors (Lipinski definition) is 0. The van der Waals surface area contributed by atoms with Crippen molar-refractivity contribution in [1.29, 1.82) is 0 Å². The second-order valence-corrected chi connectivity index (χ2v) is 7.88. The van der Waals surface area contributed by atoms with Gasteiger partial charge in [0.2, 0.25) is 5.91 Å². The summed E-state index contributed by atoms with van der Waals surface area (Å²) in [4.78, 5) is 33.3. The molecule has 1 heterocycles. The van der Waals surface area contributed by atoms with Crippen LogP contribution in [0.2, 0.25) is 0 Å². The van der Waals surface area contributed by atoms with Crippen molar-refractivity contribution < 1.29 is 4.79 Å². The molecule has 4 aromatic rings. The zero-order chi connectivity index (χ0) is 22.5. The van der Waals surface area contributed by atoms with Gasteiger partial charge in [0.05, 0.1) is 29.9 Å². The molecule has 0 aliphatic carbocycles. The van der Waals surface area contributed by atoms with Crippen LogP contribution in [-0.2, 0) is 17.8 Å². The maximum Gasteiger partial charge on any atom is 0.261 e. The van der Waals surface area contributed by atoms with Gasteiger partial charge in [-0.25, -0.2) is 4.98 Å². The zero-order valence-corrected chi connectivity index (χ0v) is 18.4. The summed E-state index contributed by atoms with van der Waals surface area (Å²) >= 11 is 0. The van der Waals surface area contributed by atoms with Crippen LogP contribution in [-0.4, -0.2) is 26.9 Å². The molecule has 1 atom stereocenters. The Bertz CT molecular complexity index is 1270. The Morgan fingerprint density at radius 3 is 2.16 bits per heavy atom. The zero-order valence-electron chi connectivity index (χ0n) is 18.4. The van der Waals surface area contributed by atoms with Gasteiger partial charge in [-0.3, -0.25) is 14.2 Å². The van der Waals surface area contributed by atoms with Crippen LogP contribution in [0.25, 0.3) is 10.9 Å². The average Bonchev–Trinajstić information content (AvgIpc) is 2.82. The summed E-state index contributed by atoms with van der Waals surface area (Å²) in [6, 6.07) is 26.6. The number of para-hydroxylation sites is 1. The van der Waals surface area contributed by atoms with Crippen molar-refractivity contribution in [2.75, 3.05) is 6.54 Å². The third kappa shape index (κ3) is 4.47. The first kappa shape index (κ1) is 21.5. The Labute approximate surface area is 188 Å². The van der Waals surface area contributed by atoms with Crippen molar-refractivity contribution in [2.24, 2.45) is 0 Å². The number of benzene rings is 3. The van der Waals surface area contributed by atoms with Crippen LogP contribution in [0.15, 0.2) is 89.7 Å². The largest absolute Gasteiger partial charge is 0.333 e. The van der Waals surface area contributed by atoms with Gasteiger partial charge in [0, 0.05) is 6.54 Å². The first-order valence-electron chi connectivity index (χ1n) is 10.9. The maximum absolute atomic E-state index is 13.4. The summed E-state index contributed by atoms with van der Waals surface area (Å²) in [5.41, 5.74) is 2.54. The van der Waals surface area contributed by atoms with E-state index in [-0.39, 0.29) is 17.5 Å². The van der Waals surface area contributed by atoms with E-state index in [0.717, 1.165) is 11.1 Å². The molecule has 1 amide bonds. The maximum atomic E-state index is 13.4. The monoisotopic (exact) mass is 425 g/mol. The third-order valence-electron chi connectivity index (χ3n) is 5.78. The normalized spacial score (nSPS) is 11.9. The van der Waals surface area contributed by atoms with Crippen molar-refractivity contribution in [3.8, 4) is 0 Å². The number of amides is 1. The van der Waals surface area contributed by atoms with Crippen LogP contribution < -0.4 is 5.56 Å². The summed E-state index contributed by atoms with van der Waals surface area (Å²) in [5, 5.41) is 0.582. The van der Waals surface area contributed by atoms with Crippen LogP contribution in [0.3, 0.4) is 0 Å². The first-order valence-corrected chi connectivity index (χ1v) is 10.9. The van der Waals surface area contributed by atoms with Gasteiger partial charge in [0.15, 0.2) is 0 Å². The van der Waals surface area contributed by atoms with Crippen LogP contribution >= 0.6 is 0 Å². The Hall–Kier alpha value is -3.73. The number of hydrogen-bond acceptors (Lipinski definition) is 3. The van der Waals surface area contributed by atoms with E-state index < -0.39 is 0 Å². The van der Waals surface area contributed by atoms with Crippen LogP contribution in [0.1, 0.15) is 36.8 Å². The Morgan fingerprint density at radius 2 is 1.50 bits per heavy atom. The Morgan fingerprint density at radius 1 is 0.906 bits per heavy atom. The van der Waals surface area contributed by atoms with Crippen LogP contribution in [0.4, 0.5) is 0 Å². The minimum absolute atomic E-state index is 0.0138. The van der Waals surface area contributed by atoms with Crippen LogP contribution in [0.5, 0.6) is 0 Å². The molecule has 3 aromatic carbocycles. The fourth-order valence-corrected chi connectivity index (χ4v) is 4.10. The molecular weight excluding hydrogens is 398 g/mol. The predicted octanol–water partition coefficient (Wildman–Crippen LogP) is 4.60. The van der Waals surface area contributed by atoms with Gasteiger partial charge in [0.25, 0.3) is 5.56 Å². The highest BCUT2D eigenvalue weighted by Gasteiger charge is 2.25. The summed E-state index contributed by atoms with van der Waals surface area (Å²) in [5.74, 6) is 0.612. The summed E-state index contributed by atoms with van der Waals surface area (Å²) < 4.78 is 1.71. The molecule has 0 bridgehead atoms. The molecule has 0 fully saturated rings. The molecular formula is C27H27N3O2. The van der Waals surface area contributed by atoms with E-state index >= 15 is 0 Å². The molecule has 162 valence electrons. The smallest absolute Gasteiger partial charge is 0.261 e. The molecule has 5 nitrogen and oxygen atoms in total. The summed E-state index contributed by atoms with van der Waals surface area (Å²) in [6.07, 6.45) is 0.315. The van der Waals surface area contributed by atoms with E-state index in [0.29, 0.717) is 36.2 Å². The van der Waals surface area contributed by atoms with E-state index in [2.05, 4.69) is 0 Å². The molecule has 0 aliphatic heterocycles. The van der Waals surface area contributed by atoms with Gasteiger partial charge in [0.1, 0.15) is 5.82 Å². The lowest BCUT2D eigenvalue weighted by Crippen LogP contribution is -2.38. The van der Waals surface area contributed by atoms with Gasteiger partial charge in [-0.1, -0.05) is 72.8 Å².